The van der Waals surface area contributed by atoms with Crippen molar-refractivity contribution in [3.05, 3.63) is 71.9 Å². The third-order valence-corrected chi connectivity index (χ3v) is 5.55. The maximum atomic E-state index is 13.8. The molecule has 3 rings (SSSR count). The maximum Gasteiger partial charge on any atom is 0.513 e. The number of carbonyl (C=O) groups excluding carboxylic acids is 2. The minimum Gasteiger partial charge on any atom is -0.478 e. The molecule has 0 saturated carbocycles. The molecule has 0 aliphatic rings. The van der Waals surface area contributed by atoms with Crippen LogP contribution in [0.4, 0.5) is 14.0 Å². The first kappa shape index (κ1) is 28.2. The maximum absolute atomic E-state index is 13.8. The van der Waals surface area contributed by atoms with Crippen LogP contribution in [0.3, 0.4) is 0 Å². The lowest BCUT2D eigenvalue weighted by atomic mass is 9.97. The van der Waals surface area contributed by atoms with Crippen molar-refractivity contribution in [1.29, 1.82) is 0 Å². The highest BCUT2D eigenvalue weighted by atomic mass is 19.1. The van der Waals surface area contributed by atoms with E-state index in [1.165, 1.54) is 12.1 Å². The number of fused-ring (bicyclic) bond motifs is 1. The molecule has 1 N–H and O–H groups in total. The Balaban J connectivity index is 2.29. The molecule has 0 spiro atoms. The number of para-hydroxylation sites is 1. The molecule has 0 aliphatic carbocycles. The molecule has 38 heavy (non-hydrogen) atoms. The van der Waals surface area contributed by atoms with Crippen molar-refractivity contribution in [3.8, 4) is 11.1 Å². The highest BCUT2D eigenvalue weighted by Crippen LogP contribution is 2.43. The summed E-state index contributed by atoms with van der Waals surface area (Å²) in [6, 6.07) is 13.2. The zero-order chi connectivity index (χ0) is 27.8. The second kappa shape index (κ2) is 12.8. The molecule has 0 aliphatic heterocycles. The van der Waals surface area contributed by atoms with E-state index in [0.29, 0.717) is 22.9 Å². The highest BCUT2D eigenvalue weighted by molar-refractivity contribution is 5.98. The zero-order valence-electron chi connectivity index (χ0n) is 21.6. The predicted octanol–water partition coefficient (Wildman–Crippen LogP) is 6.77. The molecule has 0 bridgehead atoms. The van der Waals surface area contributed by atoms with Gasteiger partial charge in [-0.05, 0) is 51.5 Å². The Morgan fingerprint density at radius 1 is 0.974 bits per heavy atom. The van der Waals surface area contributed by atoms with Gasteiger partial charge in [-0.1, -0.05) is 30.3 Å². The molecule has 10 heteroatoms. The average Bonchev–Trinajstić information content (AvgIpc) is 3.19. The standard InChI is InChI=1S/C28H30FNO8/c1-5-35-27(33)37-20(16-24(31)32)15-23(38-28(34)36-6-2)26-25(18-11-13-19(29)14-12-18)21-9-7-8-10-22(21)30(26)17(3)4/h7-14,16-17,23H,5-6,15H2,1-4H3,(H,31,32)/b20-16-. The molecule has 0 saturated heterocycles. The summed E-state index contributed by atoms with van der Waals surface area (Å²) < 4.78 is 36.5. The van der Waals surface area contributed by atoms with Gasteiger partial charge in [-0.25, -0.2) is 18.8 Å². The fraction of sp³-hybridized carbons (Fsp3) is 0.321. The number of carboxylic acids is 1. The molecule has 1 heterocycles. The first-order chi connectivity index (χ1) is 18.2. The van der Waals surface area contributed by atoms with Gasteiger partial charge in [0, 0.05) is 28.9 Å². The van der Waals surface area contributed by atoms with Gasteiger partial charge in [-0.2, -0.15) is 0 Å². The van der Waals surface area contributed by atoms with Gasteiger partial charge in [0.2, 0.25) is 0 Å². The van der Waals surface area contributed by atoms with Crippen LogP contribution in [0.25, 0.3) is 22.0 Å². The summed E-state index contributed by atoms with van der Waals surface area (Å²) in [7, 11) is 0. The normalized spacial score (nSPS) is 12.3. The van der Waals surface area contributed by atoms with Crippen LogP contribution < -0.4 is 0 Å². The number of benzene rings is 2. The number of rotatable bonds is 10. The van der Waals surface area contributed by atoms with Gasteiger partial charge in [-0.3, -0.25) is 0 Å². The molecule has 0 radical (unpaired) electrons. The van der Waals surface area contributed by atoms with Crippen molar-refractivity contribution in [3.63, 3.8) is 0 Å². The molecule has 1 aromatic heterocycles. The molecule has 0 amide bonds. The third kappa shape index (κ3) is 6.70. The fourth-order valence-corrected chi connectivity index (χ4v) is 4.24. The Bertz CT molecular complexity index is 1330. The van der Waals surface area contributed by atoms with Crippen molar-refractivity contribution in [2.45, 2.75) is 46.3 Å². The minimum absolute atomic E-state index is 0.0121. The Morgan fingerprint density at radius 2 is 1.61 bits per heavy atom. The van der Waals surface area contributed by atoms with Crippen molar-refractivity contribution in [1.82, 2.24) is 4.57 Å². The third-order valence-electron chi connectivity index (χ3n) is 5.55. The molecular weight excluding hydrogens is 497 g/mol. The Kier molecular flexibility index (Phi) is 9.48. The van der Waals surface area contributed by atoms with Crippen LogP contribution in [0.5, 0.6) is 0 Å². The lowest BCUT2D eigenvalue weighted by Crippen LogP contribution is -2.20. The molecule has 0 fully saturated rings. The molecule has 2 aromatic carbocycles. The van der Waals surface area contributed by atoms with E-state index in [2.05, 4.69) is 0 Å². The molecule has 1 atom stereocenters. The number of carboxylic acid groups (broad SMARTS) is 1. The molecular formula is C28H30FNO8. The quantitative estimate of drug-likeness (QED) is 0.174. The minimum atomic E-state index is -1.37. The van der Waals surface area contributed by atoms with E-state index in [1.807, 2.05) is 42.7 Å². The first-order valence-corrected chi connectivity index (χ1v) is 12.2. The molecule has 202 valence electrons. The van der Waals surface area contributed by atoms with E-state index in [0.717, 1.165) is 10.9 Å². The molecule has 9 nitrogen and oxygen atoms in total. The summed E-state index contributed by atoms with van der Waals surface area (Å²) >= 11 is 0. The Hall–Kier alpha value is -4.34. The van der Waals surface area contributed by atoms with Crippen LogP contribution in [-0.4, -0.2) is 41.2 Å². The van der Waals surface area contributed by atoms with Gasteiger partial charge in [-0.15, -0.1) is 0 Å². The summed E-state index contributed by atoms with van der Waals surface area (Å²) in [4.78, 5) is 36.2. The summed E-state index contributed by atoms with van der Waals surface area (Å²) in [5, 5.41) is 10.2. The van der Waals surface area contributed by atoms with Crippen LogP contribution in [0, 0.1) is 5.82 Å². The summed E-state index contributed by atoms with van der Waals surface area (Å²) in [6.07, 6.45) is -2.88. The van der Waals surface area contributed by atoms with Crippen LogP contribution in [0.15, 0.2) is 60.4 Å². The summed E-state index contributed by atoms with van der Waals surface area (Å²) in [5.74, 6) is -2.09. The number of halogens is 1. The number of ether oxygens (including phenoxy) is 4. The van der Waals surface area contributed by atoms with E-state index in [-0.39, 0.29) is 31.4 Å². The van der Waals surface area contributed by atoms with Gasteiger partial charge < -0.3 is 28.6 Å². The van der Waals surface area contributed by atoms with E-state index >= 15 is 0 Å². The van der Waals surface area contributed by atoms with Gasteiger partial charge in [0.1, 0.15) is 11.6 Å². The Morgan fingerprint density at radius 3 is 2.21 bits per heavy atom. The van der Waals surface area contributed by atoms with Gasteiger partial charge >= 0.3 is 18.3 Å². The lowest BCUT2D eigenvalue weighted by molar-refractivity contribution is -0.131. The van der Waals surface area contributed by atoms with E-state index < -0.39 is 30.2 Å². The van der Waals surface area contributed by atoms with Crippen molar-refractivity contribution in [2.24, 2.45) is 0 Å². The number of carbonyl (C=O) groups is 3. The van der Waals surface area contributed by atoms with E-state index in [4.69, 9.17) is 18.9 Å². The topological polar surface area (TPSA) is 113 Å². The second-order valence-corrected chi connectivity index (χ2v) is 8.48. The number of hydrogen-bond donors (Lipinski definition) is 1. The lowest BCUT2D eigenvalue weighted by Gasteiger charge is -2.24. The van der Waals surface area contributed by atoms with Crippen molar-refractivity contribution < 1.29 is 42.8 Å². The van der Waals surface area contributed by atoms with Crippen molar-refractivity contribution in [2.75, 3.05) is 13.2 Å². The SMILES string of the molecule is CCOC(=O)O/C(=C\C(=O)O)CC(OC(=O)OCC)c1c(-c2ccc(F)cc2)c2ccccc2n1C(C)C. The monoisotopic (exact) mass is 527 g/mol. The smallest absolute Gasteiger partial charge is 0.478 e. The summed E-state index contributed by atoms with van der Waals surface area (Å²) in [6.45, 7) is 7.12. The van der Waals surface area contributed by atoms with Gasteiger partial charge in [0.15, 0.2) is 6.10 Å². The van der Waals surface area contributed by atoms with Crippen molar-refractivity contribution >= 4 is 29.2 Å². The number of nitrogens with zero attached hydrogens (tertiary/aromatic N) is 1. The van der Waals surface area contributed by atoms with E-state index in [1.54, 1.807) is 26.0 Å². The highest BCUT2D eigenvalue weighted by Gasteiger charge is 2.31. The second-order valence-electron chi connectivity index (χ2n) is 8.48. The fourth-order valence-electron chi connectivity index (χ4n) is 4.24. The van der Waals surface area contributed by atoms with Crippen LogP contribution in [0.2, 0.25) is 0 Å². The number of aliphatic carboxylic acids is 1. The van der Waals surface area contributed by atoms with Crippen LogP contribution in [-0.2, 0) is 23.7 Å². The van der Waals surface area contributed by atoms with Gasteiger partial charge in [0.05, 0.1) is 25.0 Å². The molecule has 3 aromatic rings. The average molecular weight is 528 g/mol. The van der Waals surface area contributed by atoms with Crippen LogP contribution in [0.1, 0.15) is 52.0 Å². The predicted molar refractivity (Wildman–Crippen MR) is 137 cm³/mol. The van der Waals surface area contributed by atoms with E-state index in [9.17, 15) is 23.9 Å². The largest absolute Gasteiger partial charge is 0.513 e. The summed E-state index contributed by atoms with van der Waals surface area (Å²) in [5.41, 5.74) is 2.59. The molecule has 1 unspecified atom stereocenters. The Labute approximate surface area is 219 Å². The zero-order valence-corrected chi connectivity index (χ0v) is 21.6. The number of hydrogen-bond acceptors (Lipinski definition) is 7. The number of aromatic nitrogens is 1. The van der Waals surface area contributed by atoms with Gasteiger partial charge in [0.25, 0.3) is 0 Å². The first-order valence-electron chi connectivity index (χ1n) is 12.2. The van der Waals surface area contributed by atoms with Crippen LogP contribution >= 0.6 is 0 Å².